The van der Waals surface area contributed by atoms with Gasteiger partial charge in [0.25, 0.3) is 5.91 Å². The van der Waals surface area contributed by atoms with Crippen molar-refractivity contribution >= 4 is 11.7 Å². The minimum absolute atomic E-state index is 0.118. The Kier molecular flexibility index (Phi) is 4.44. The van der Waals surface area contributed by atoms with E-state index < -0.39 is 0 Å². The van der Waals surface area contributed by atoms with Crippen molar-refractivity contribution in [2.45, 2.75) is 12.8 Å². The number of hydrogen-bond acceptors (Lipinski definition) is 5. The molecule has 2 aromatic heterocycles. The first-order chi connectivity index (χ1) is 9.29. The number of nitrogens with zero attached hydrogens (tertiary/aromatic N) is 3. The van der Waals surface area contributed by atoms with E-state index >= 15 is 0 Å². The third-order valence-electron chi connectivity index (χ3n) is 2.62. The largest absolute Gasteiger partial charge is 0.373 e. The molecule has 7 heteroatoms. The SMILES string of the molecule is CNc1ccc(C(=O)NCCCc2ncn[nH]2)cn1. The van der Waals surface area contributed by atoms with Gasteiger partial charge in [0.05, 0.1) is 5.56 Å². The quantitative estimate of drug-likeness (QED) is 0.661. The van der Waals surface area contributed by atoms with Gasteiger partial charge in [-0.3, -0.25) is 9.89 Å². The average molecular weight is 260 g/mol. The Morgan fingerprint density at radius 1 is 1.37 bits per heavy atom. The van der Waals surface area contributed by atoms with E-state index in [-0.39, 0.29) is 5.91 Å². The van der Waals surface area contributed by atoms with Crippen molar-refractivity contribution in [3.63, 3.8) is 0 Å². The van der Waals surface area contributed by atoms with Gasteiger partial charge in [0, 0.05) is 26.2 Å². The Bertz CT molecular complexity index is 508. The summed E-state index contributed by atoms with van der Waals surface area (Å²) in [6.45, 7) is 0.591. The molecule has 19 heavy (non-hydrogen) atoms. The maximum Gasteiger partial charge on any atom is 0.252 e. The van der Waals surface area contributed by atoms with Crippen molar-refractivity contribution < 1.29 is 4.79 Å². The van der Waals surface area contributed by atoms with Gasteiger partial charge in [0.2, 0.25) is 0 Å². The van der Waals surface area contributed by atoms with Crippen LogP contribution in [0.1, 0.15) is 22.6 Å². The van der Waals surface area contributed by atoms with E-state index in [0.29, 0.717) is 12.1 Å². The first kappa shape index (κ1) is 13.0. The van der Waals surface area contributed by atoms with E-state index in [1.807, 2.05) is 0 Å². The van der Waals surface area contributed by atoms with Crippen molar-refractivity contribution in [1.82, 2.24) is 25.5 Å². The number of amides is 1. The summed E-state index contributed by atoms with van der Waals surface area (Å²) in [5.41, 5.74) is 0.554. The fraction of sp³-hybridized carbons (Fsp3) is 0.333. The molecule has 0 radical (unpaired) electrons. The van der Waals surface area contributed by atoms with Gasteiger partial charge in [-0.15, -0.1) is 0 Å². The van der Waals surface area contributed by atoms with Crippen molar-refractivity contribution in [2.75, 3.05) is 18.9 Å². The van der Waals surface area contributed by atoms with Gasteiger partial charge >= 0.3 is 0 Å². The highest BCUT2D eigenvalue weighted by Gasteiger charge is 2.05. The summed E-state index contributed by atoms with van der Waals surface area (Å²) >= 11 is 0. The number of nitrogens with one attached hydrogen (secondary N) is 3. The van der Waals surface area contributed by atoms with Crippen LogP contribution in [0.15, 0.2) is 24.7 Å². The molecule has 0 saturated carbocycles. The summed E-state index contributed by atoms with van der Waals surface area (Å²) in [7, 11) is 1.78. The van der Waals surface area contributed by atoms with Gasteiger partial charge in [-0.25, -0.2) is 9.97 Å². The maximum atomic E-state index is 11.8. The number of aromatic amines is 1. The molecule has 2 heterocycles. The molecular weight excluding hydrogens is 244 g/mol. The van der Waals surface area contributed by atoms with E-state index in [0.717, 1.165) is 24.5 Å². The van der Waals surface area contributed by atoms with E-state index in [2.05, 4.69) is 30.8 Å². The number of H-pyrrole nitrogens is 1. The summed E-state index contributed by atoms with van der Waals surface area (Å²) in [6, 6.07) is 3.51. The monoisotopic (exact) mass is 260 g/mol. The fourth-order valence-electron chi connectivity index (χ4n) is 1.59. The summed E-state index contributed by atoms with van der Waals surface area (Å²) < 4.78 is 0. The maximum absolute atomic E-state index is 11.8. The molecule has 0 spiro atoms. The molecular formula is C12H16N6O. The van der Waals surface area contributed by atoms with Crippen LogP contribution in [0.25, 0.3) is 0 Å². The molecule has 0 aliphatic carbocycles. The molecule has 0 aliphatic heterocycles. The van der Waals surface area contributed by atoms with E-state index in [4.69, 9.17) is 0 Å². The summed E-state index contributed by atoms with van der Waals surface area (Å²) in [6.07, 6.45) is 4.60. The molecule has 0 aliphatic rings. The number of rotatable bonds is 6. The van der Waals surface area contributed by atoms with Gasteiger partial charge in [0.15, 0.2) is 0 Å². The molecule has 7 nitrogen and oxygen atoms in total. The van der Waals surface area contributed by atoms with Gasteiger partial charge in [-0.05, 0) is 18.6 Å². The Balaban J connectivity index is 1.74. The number of carbonyl (C=O) groups excluding carboxylic acids is 1. The Labute approximate surface area is 110 Å². The van der Waals surface area contributed by atoms with Crippen molar-refractivity contribution in [3.05, 3.63) is 36.0 Å². The lowest BCUT2D eigenvalue weighted by atomic mass is 10.2. The molecule has 3 N–H and O–H groups in total. The second kappa shape index (κ2) is 6.48. The standard InChI is InChI=1S/C12H16N6O/c1-13-10-5-4-9(7-15-10)12(19)14-6-2-3-11-16-8-17-18-11/h4-5,7-8H,2-3,6H2,1H3,(H,13,15)(H,14,19)(H,16,17,18). The number of aromatic nitrogens is 4. The third kappa shape index (κ3) is 3.77. The minimum Gasteiger partial charge on any atom is -0.373 e. The average Bonchev–Trinajstić information content (AvgIpc) is 2.96. The van der Waals surface area contributed by atoms with Crippen molar-refractivity contribution in [3.8, 4) is 0 Å². The topological polar surface area (TPSA) is 95.6 Å². The molecule has 0 aromatic carbocycles. The van der Waals surface area contributed by atoms with E-state index in [1.165, 1.54) is 6.33 Å². The van der Waals surface area contributed by atoms with Gasteiger partial charge < -0.3 is 10.6 Å². The Morgan fingerprint density at radius 2 is 2.26 bits per heavy atom. The van der Waals surface area contributed by atoms with Crippen LogP contribution in [0, 0.1) is 0 Å². The summed E-state index contributed by atoms with van der Waals surface area (Å²) in [5.74, 6) is 1.45. The van der Waals surface area contributed by atoms with Gasteiger partial charge in [0.1, 0.15) is 18.0 Å². The predicted molar refractivity (Wildman–Crippen MR) is 70.8 cm³/mol. The van der Waals surface area contributed by atoms with Crippen LogP contribution in [-0.2, 0) is 6.42 Å². The fourth-order valence-corrected chi connectivity index (χ4v) is 1.59. The molecule has 0 saturated heterocycles. The zero-order valence-electron chi connectivity index (χ0n) is 10.7. The molecule has 100 valence electrons. The first-order valence-electron chi connectivity index (χ1n) is 6.06. The van der Waals surface area contributed by atoms with Gasteiger partial charge in [-0.2, -0.15) is 5.10 Å². The lowest BCUT2D eigenvalue weighted by Gasteiger charge is -2.05. The number of hydrogen-bond donors (Lipinski definition) is 3. The van der Waals surface area contributed by atoms with Crippen LogP contribution in [0.3, 0.4) is 0 Å². The van der Waals surface area contributed by atoms with Crippen LogP contribution in [0.5, 0.6) is 0 Å². The lowest BCUT2D eigenvalue weighted by molar-refractivity contribution is 0.0953. The number of anilines is 1. The van der Waals surface area contributed by atoms with Crippen LogP contribution < -0.4 is 10.6 Å². The number of pyridine rings is 1. The third-order valence-corrected chi connectivity index (χ3v) is 2.62. The minimum atomic E-state index is -0.118. The Hall–Kier alpha value is -2.44. The zero-order chi connectivity index (χ0) is 13.5. The Morgan fingerprint density at radius 3 is 2.89 bits per heavy atom. The normalized spacial score (nSPS) is 10.2. The van der Waals surface area contributed by atoms with Crippen LogP contribution in [-0.4, -0.2) is 39.7 Å². The van der Waals surface area contributed by atoms with Crippen LogP contribution in [0.4, 0.5) is 5.82 Å². The molecule has 0 bridgehead atoms. The molecule has 2 rings (SSSR count). The predicted octanol–water partition coefficient (Wildman–Crippen LogP) is 0.604. The second-order valence-corrected chi connectivity index (χ2v) is 3.97. The van der Waals surface area contributed by atoms with Crippen LogP contribution in [0.2, 0.25) is 0 Å². The van der Waals surface area contributed by atoms with Crippen molar-refractivity contribution in [2.24, 2.45) is 0 Å². The highest BCUT2D eigenvalue weighted by Crippen LogP contribution is 2.03. The zero-order valence-corrected chi connectivity index (χ0v) is 10.7. The number of aryl methyl sites for hydroxylation is 1. The van der Waals surface area contributed by atoms with E-state index in [1.54, 1.807) is 25.4 Å². The van der Waals surface area contributed by atoms with E-state index in [9.17, 15) is 4.79 Å². The lowest BCUT2D eigenvalue weighted by Crippen LogP contribution is -2.25. The van der Waals surface area contributed by atoms with Crippen molar-refractivity contribution in [1.29, 1.82) is 0 Å². The molecule has 1 amide bonds. The summed E-state index contributed by atoms with van der Waals surface area (Å²) in [4.78, 5) is 19.9. The highest BCUT2D eigenvalue weighted by atomic mass is 16.1. The molecule has 0 atom stereocenters. The summed E-state index contributed by atoms with van der Waals surface area (Å²) in [5, 5.41) is 12.3. The van der Waals surface area contributed by atoms with Gasteiger partial charge in [-0.1, -0.05) is 0 Å². The second-order valence-electron chi connectivity index (χ2n) is 3.97. The smallest absolute Gasteiger partial charge is 0.252 e. The highest BCUT2D eigenvalue weighted by molar-refractivity contribution is 5.93. The first-order valence-corrected chi connectivity index (χ1v) is 6.06. The molecule has 0 fully saturated rings. The molecule has 2 aromatic rings. The van der Waals surface area contributed by atoms with Crippen LogP contribution >= 0.6 is 0 Å². The number of carbonyl (C=O) groups is 1. The molecule has 0 unspecified atom stereocenters.